The van der Waals surface area contributed by atoms with Gasteiger partial charge in [-0.3, -0.25) is 0 Å². The molecule has 0 aliphatic carbocycles. The molecule has 1 atom stereocenters. The molecule has 0 amide bonds. The zero-order chi connectivity index (χ0) is 19.1. The summed E-state index contributed by atoms with van der Waals surface area (Å²) in [6, 6.07) is 23.1. The van der Waals surface area contributed by atoms with Crippen molar-refractivity contribution in [3.05, 3.63) is 83.9 Å². The summed E-state index contributed by atoms with van der Waals surface area (Å²) in [5.41, 5.74) is 4.37. The predicted octanol–water partition coefficient (Wildman–Crippen LogP) is 3.39. The molecule has 0 spiro atoms. The van der Waals surface area contributed by atoms with Gasteiger partial charge in [-0.15, -0.1) is 9.89 Å². The average Bonchev–Trinajstić information content (AvgIpc) is 3.29. The first-order valence-corrected chi connectivity index (χ1v) is 8.99. The number of aromatic carboxylic acids is 1. The highest BCUT2D eigenvalue weighted by molar-refractivity contribution is 5.99. The van der Waals surface area contributed by atoms with Crippen molar-refractivity contribution in [1.82, 2.24) is 15.1 Å². The van der Waals surface area contributed by atoms with Crippen LogP contribution in [0.5, 0.6) is 0 Å². The van der Waals surface area contributed by atoms with Crippen molar-refractivity contribution in [2.24, 2.45) is 0 Å². The number of para-hydroxylation sites is 2. The first kappa shape index (κ1) is 16.3. The van der Waals surface area contributed by atoms with E-state index in [1.165, 1.54) is 0 Å². The SMILES string of the molecule is O=C(O)c1cccc2c1NC(Cc1ccccc1)N2n1nnc2ccccc21. The molecular weight excluding hydrogens is 354 g/mol. The first-order chi connectivity index (χ1) is 13.7. The highest BCUT2D eigenvalue weighted by Crippen LogP contribution is 2.39. The van der Waals surface area contributed by atoms with Crippen LogP contribution in [0.15, 0.2) is 72.8 Å². The van der Waals surface area contributed by atoms with Crippen LogP contribution in [0.2, 0.25) is 0 Å². The first-order valence-electron chi connectivity index (χ1n) is 8.99. The second-order valence-corrected chi connectivity index (χ2v) is 6.67. The lowest BCUT2D eigenvalue weighted by Gasteiger charge is -2.26. The Morgan fingerprint density at radius 3 is 2.61 bits per heavy atom. The highest BCUT2D eigenvalue weighted by Gasteiger charge is 2.34. The number of aromatic nitrogens is 3. The van der Waals surface area contributed by atoms with Gasteiger partial charge in [0, 0.05) is 6.42 Å². The lowest BCUT2D eigenvalue weighted by molar-refractivity contribution is 0.0698. The van der Waals surface area contributed by atoms with E-state index >= 15 is 0 Å². The number of anilines is 2. The van der Waals surface area contributed by atoms with E-state index in [1.54, 1.807) is 16.9 Å². The maximum absolute atomic E-state index is 11.7. The number of hydrogen-bond donors (Lipinski definition) is 2. The number of carbonyl (C=O) groups is 1. The predicted molar refractivity (Wildman–Crippen MR) is 106 cm³/mol. The van der Waals surface area contributed by atoms with Crippen molar-refractivity contribution in [1.29, 1.82) is 0 Å². The summed E-state index contributed by atoms with van der Waals surface area (Å²) >= 11 is 0. The van der Waals surface area contributed by atoms with E-state index in [1.807, 2.05) is 53.5 Å². The minimum absolute atomic E-state index is 0.206. The monoisotopic (exact) mass is 371 g/mol. The second-order valence-electron chi connectivity index (χ2n) is 6.67. The Hall–Kier alpha value is -3.87. The Bertz CT molecular complexity index is 1170. The highest BCUT2D eigenvalue weighted by atomic mass is 16.4. The van der Waals surface area contributed by atoms with Crippen LogP contribution in [0.3, 0.4) is 0 Å². The molecule has 5 rings (SSSR count). The molecule has 0 bridgehead atoms. The third-order valence-electron chi connectivity index (χ3n) is 4.94. The Kier molecular flexibility index (Phi) is 3.72. The van der Waals surface area contributed by atoms with Crippen LogP contribution in [-0.2, 0) is 6.42 Å². The summed E-state index contributed by atoms with van der Waals surface area (Å²) in [6.07, 6.45) is 0.464. The molecule has 2 heterocycles. The number of carboxylic acid groups (broad SMARTS) is 1. The van der Waals surface area contributed by atoms with Crippen molar-refractivity contribution in [3.63, 3.8) is 0 Å². The summed E-state index contributed by atoms with van der Waals surface area (Å²) in [5.74, 6) is -0.965. The smallest absolute Gasteiger partial charge is 0.337 e. The zero-order valence-electron chi connectivity index (χ0n) is 14.9. The van der Waals surface area contributed by atoms with E-state index in [2.05, 4.69) is 27.8 Å². The molecule has 0 fully saturated rings. The molecule has 28 heavy (non-hydrogen) atoms. The maximum atomic E-state index is 11.7. The standard InChI is InChI=1S/C21H17N5O2/c27-21(28)15-9-6-12-18-20(15)22-19(13-14-7-2-1-3-8-14)25(18)26-17-11-5-4-10-16(17)23-24-26/h1-12,19,22H,13H2,(H,27,28). The Labute approximate surface area is 160 Å². The van der Waals surface area contributed by atoms with Crippen LogP contribution in [0.1, 0.15) is 15.9 Å². The van der Waals surface area contributed by atoms with Crippen LogP contribution < -0.4 is 10.3 Å². The number of rotatable bonds is 4. The van der Waals surface area contributed by atoms with Crippen LogP contribution in [0, 0.1) is 0 Å². The summed E-state index contributed by atoms with van der Waals surface area (Å²) < 4.78 is 0. The summed E-state index contributed by atoms with van der Waals surface area (Å²) in [5, 5.41) is 23.6. The van der Waals surface area contributed by atoms with Crippen LogP contribution in [0.4, 0.5) is 11.4 Å². The number of fused-ring (bicyclic) bond motifs is 2. The molecule has 3 aromatic carbocycles. The van der Waals surface area contributed by atoms with Gasteiger partial charge in [0.25, 0.3) is 0 Å². The number of hydrogen-bond acceptors (Lipinski definition) is 5. The van der Waals surface area contributed by atoms with Gasteiger partial charge < -0.3 is 10.4 Å². The van der Waals surface area contributed by atoms with Gasteiger partial charge in [-0.2, -0.15) is 0 Å². The fraction of sp³-hybridized carbons (Fsp3) is 0.0952. The molecule has 4 aromatic rings. The summed E-state index contributed by atoms with van der Waals surface area (Å²) in [7, 11) is 0. The summed E-state index contributed by atoms with van der Waals surface area (Å²) in [4.78, 5) is 13.5. The average molecular weight is 371 g/mol. The Morgan fingerprint density at radius 2 is 1.79 bits per heavy atom. The largest absolute Gasteiger partial charge is 0.478 e. The van der Waals surface area contributed by atoms with E-state index in [-0.39, 0.29) is 11.7 Å². The lowest BCUT2D eigenvalue weighted by atomic mass is 10.1. The van der Waals surface area contributed by atoms with Crippen LogP contribution >= 0.6 is 0 Å². The number of nitrogens with zero attached hydrogens (tertiary/aromatic N) is 4. The van der Waals surface area contributed by atoms with Crippen molar-refractivity contribution >= 4 is 28.4 Å². The van der Waals surface area contributed by atoms with Crippen molar-refractivity contribution < 1.29 is 9.90 Å². The van der Waals surface area contributed by atoms with Crippen molar-refractivity contribution in [2.75, 3.05) is 10.3 Å². The van der Waals surface area contributed by atoms with Crippen LogP contribution in [-0.4, -0.2) is 32.3 Å². The number of nitrogens with one attached hydrogen (secondary N) is 1. The molecular formula is C21H17N5O2. The van der Waals surface area contributed by atoms with Crippen molar-refractivity contribution in [2.45, 2.75) is 12.6 Å². The maximum Gasteiger partial charge on any atom is 0.337 e. The molecule has 7 heteroatoms. The molecule has 1 aromatic heterocycles. The topological polar surface area (TPSA) is 83.3 Å². The Balaban J connectivity index is 1.66. The van der Waals surface area contributed by atoms with Gasteiger partial charge in [-0.25, -0.2) is 9.80 Å². The van der Waals surface area contributed by atoms with Gasteiger partial charge in [0.1, 0.15) is 17.2 Å². The number of carboxylic acids is 1. The lowest BCUT2D eigenvalue weighted by Crippen LogP contribution is -2.42. The molecule has 7 nitrogen and oxygen atoms in total. The third-order valence-corrected chi connectivity index (χ3v) is 4.94. The van der Waals surface area contributed by atoms with E-state index in [9.17, 15) is 9.90 Å². The molecule has 0 radical (unpaired) electrons. The van der Waals surface area contributed by atoms with Gasteiger partial charge in [0.2, 0.25) is 0 Å². The van der Waals surface area contributed by atoms with E-state index in [0.717, 1.165) is 22.3 Å². The molecule has 1 unspecified atom stereocenters. The second kappa shape index (κ2) is 6.38. The molecule has 1 aliphatic rings. The van der Waals surface area contributed by atoms with Gasteiger partial charge in [-0.05, 0) is 35.0 Å². The normalized spacial score (nSPS) is 15.4. The molecule has 1 aliphatic heterocycles. The molecule has 2 N–H and O–H groups in total. The number of benzene rings is 3. The minimum Gasteiger partial charge on any atom is -0.478 e. The Morgan fingerprint density at radius 1 is 1.00 bits per heavy atom. The van der Waals surface area contributed by atoms with Crippen LogP contribution in [0.25, 0.3) is 11.0 Å². The van der Waals surface area contributed by atoms with Gasteiger partial charge in [0.05, 0.1) is 16.9 Å². The minimum atomic E-state index is -0.965. The van der Waals surface area contributed by atoms with Gasteiger partial charge >= 0.3 is 5.97 Å². The fourth-order valence-electron chi connectivity index (χ4n) is 3.68. The molecule has 138 valence electrons. The third kappa shape index (κ3) is 2.56. The molecule has 0 saturated heterocycles. The van der Waals surface area contributed by atoms with E-state index in [0.29, 0.717) is 12.1 Å². The van der Waals surface area contributed by atoms with Crippen molar-refractivity contribution in [3.8, 4) is 0 Å². The van der Waals surface area contributed by atoms with E-state index < -0.39 is 5.97 Å². The quantitative estimate of drug-likeness (QED) is 0.572. The summed E-state index contributed by atoms with van der Waals surface area (Å²) in [6.45, 7) is 0. The molecule has 0 saturated carbocycles. The fourth-order valence-corrected chi connectivity index (χ4v) is 3.68. The van der Waals surface area contributed by atoms with Gasteiger partial charge in [0.15, 0.2) is 0 Å². The van der Waals surface area contributed by atoms with E-state index in [4.69, 9.17) is 0 Å². The van der Waals surface area contributed by atoms with Gasteiger partial charge in [-0.1, -0.05) is 48.5 Å². The zero-order valence-corrected chi connectivity index (χ0v) is 14.9.